The third-order valence-electron chi connectivity index (χ3n) is 6.98. The number of benzene rings is 2. The molecule has 3 aromatic rings. The van der Waals surface area contributed by atoms with Crippen LogP contribution >= 0.6 is 0 Å². The lowest BCUT2D eigenvalue weighted by Crippen LogP contribution is -2.49. The molecular formula is C27H28N4O6S. The molecular weight excluding hydrogens is 508 g/mol. The summed E-state index contributed by atoms with van der Waals surface area (Å²) in [4.78, 5) is 37.4. The Morgan fingerprint density at radius 1 is 0.921 bits per heavy atom. The van der Waals surface area contributed by atoms with E-state index in [4.69, 9.17) is 4.74 Å². The van der Waals surface area contributed by atoms with Crippen LogP contribution in [0.3, 0.4) is 0 Å². The number of sulfonamides is 1. The minimum absolute atomic E-state index is 0.0417. The van der Waals surface area contributed by atoms with Gasteiger partial charge in [-0.05, 0) is 73.0 Å². The van der Waals surface area contributed by atoms with E-state index in [1.165, 1.54) is 23.4 Å². The summed E-state index contributed by atoms with van der Waals surface area (Å²) in [5.74, 6) is -0.195. The molecule has 2 aliphatic heterocycles. The van der Waals surface area contributed by atoms with Gasteiger partial charge in [0.05, 0.1) is 12.0 Å². The van der Waals surface area contributed by atoms with Crippen molar-refractivity contribution in [1.82, 2.24) is 8.87 Å². The van der Waals surface area contributed by atoms with Gasteiger partial charge in [0.15, 0.2) is 0 Å². The van der Waals surface area contributed by atoms with Gasteiger partial charge in [0, 0.05) is 49.4 Å². The fourth-order valence-corrected chi connectivity index (χ4v) is 6.75. The Hall–Kier alpha value is -3.96. The predicted octanol–water partition coefficient (Wildman–Crippen LogP) is 2.88. The first-order valence-corrected chi connectivity index (χ1v) is 13.7. The van der Waals surface area contributed by atoms with E-state index in [1.807, 2.05) is 0 Å². The molecule has 11 heteroatoms. The topological polar surface area (TPSA) is 127 Å². The molecule has 2 aliphatic rings. The van der Waals surface area contributed by atoms with Crippen molar-refractivity contribution in [3.8, 4) is 5.75 Å². The first-order chi connectivity index (χ1) is 18.2. The number of anilines is 2. The summed E-state index contributed by atoms with van der Waals surface area (Å²) in [5.41, 5.74) is 1.56. The monoisotopic (exact) mass is 536 g/mol. The fourth-order valence-electron chi connectivity index (χ4n) is 5.19. The molecule has 10 nitrogen and oxygen atoms in total. The highest BCUT2D eigenvalue weighted by atomic mass is 32.2. The maximum atomic E-state index is 13.4. The van der Waals surface area contributed by atoms with Crippen molar-refractivity contribution in [3.05, 3.63) is 82.3 Å². The molecule has 5 rings (SSSR count). The third-order valence-corrected chi connectivity index (χ3v) is 8.83. The lowest BCUT2D eigenvalue weighted by Gasteiger charge is -2.42. The quantitative estimate of drug-likeness (QED) is 0.499. The van der Waals surface area contributed by atoms with Gasteiger partial charge in [0.2, 0.25) is 15.9 Å². The van der Waals surface area contributed by atoms with Crippen molar-refractivity contribution in [2.75, 3.05) is 30.8 Å². The molecule has 3 heterocycles. The van der Waals surface area contributed by atoms with E-state index in [0.717, 1.165) is 12.1 Å². The fraction of sp³-hybridized carbons (Fsp3) is 0.296. The summed E-state index contributed by atoms with van der Waals surface area (Å²) in [6.45, 7) is 2.30. The van der Waals surface area contributed by atoms with E-state index >= 15 is 0 Å². The Morgan fingerprint density at radius 2 is 1.63 bits per heavy atom. The molecule has 2 amide bonds. The zero-order valence-corrected chi connectivity index (χ0v) is 21.8. The molecule has 2 bridgehead atoms. The number of carbonyl (C=O) groups is 2. The first kappa shape index (κ1) is 25.7. The number of amides is 2. The van der Waals surface area contributed by atoms with Crippen LogP contribution in [0.15, 0.2) is 70.4 Å². The molecule has 0 spiro atoms. The Balaban J connectivity index is 1.35. The van der Waals surface area contributed by atoms with Gasteiger partial charge in [-0.25, -0.2) is 8.42 Å². The number of nitrogens with zero attached hydrogens (tertiary/aromatic N) is 2. The number of fused-ring (bicyclic) bond motifs is 4. The molecule has 198 valence electrons. The van der Waals surface area contributed by atoms with Gasteiger partial charge < -0.3 is 19.9 Å². The van der Waals surface area contributed by atoms with E-state index < -0.39 is 15.9 Å². The summed E-state index contributed by atoms with van der Waals surface area (Å²) in [6, 6.07) is 16.1. The second-order valence-electron chi connectivity index (χ2n) is 9.60. The van der Waals surface area contributed by atoms with Crippen LogP contribution in [0.4, 0.5) is 11.4 Å². The zero-order valence-electron chi connectivity index (χ0n) is 21.0. The molecule has 2 aromatic carbocycles. The van der Waals surface area contributed by atoms with Crippen LogP contribution in [0.1, 0.15) is 35.3 Å². The van der Waals surface area contributed by atoms with Crippen LogP contribution in [0, 0.1) is 5.92 Å². The molecule has 1 aromatic heterocycles. The van der Waals surface area contributed by atoms with Crippen LogP contribution in [0.25, 0.3) is 0 Å². The molecule has 2 atom stereocenters. The Morgan fingerprint density at radius 3 is 2.29 bits per heavy atom. The van der Waals surface area contributed by atoms with E-state index in [0.29, 0.717) is 30.1 Å². The number of pyridine rings is 1. The Bertz CT molecular complexity index is 1550. The third kappa shape index (κ3) is 4.94. The minimum Gasteiger partial charge on any atom is -0.497 e. The Kier molecular flexibility index (Phi) is 6.80. The lowest BCUT2D eigenvalue weighted by molar-refractivity contribution is -0.114. The summed E-state index contributed by atoms with van der Waals surface area (Å²) in [6.07, 6.45) is 0.782. The molecule has 1 fully saturated rings. The van der Waals surface area contributed by atoms with Gasteiger partial charge in [-0.1, -0.05) is 0 Å². The van der Waals surface area contributed by atoms with E-state index in [9.17, 15) is 22.8 Å². The number of hydrogen-bond donors (Lipinski definition) is 2. The number of piperidine rings is 1. The highest BCUT2D eigenvalue weighted by Gasteiger charge is 2.39. The van der Waals surface area contributed by atoms with Gasteiger partial charge in [0.25, 0.3) is 11.5 Å². The molecule has 0 radical (unpaired) electrons. The lowest BCUT2D eigenvalue weighted by atomic mass is 9.84. The molecule has 2 unspecified atom stereocenters. The number of nitrogens with one attached hydrogen (secondary N) is 2. The number of rotatable bonds is 6. The summed E-state index contributed by atoms with van der Waals surface area (Å²) in [5, 5.41) is 5.34. The average molecular weight is 537 g/mol. The van der Waals surface area contributed by atoms with Crippen molar-refractivity contribution < 1.29 is 22.7 Å². The summed E-state index contributed by atoms with van der Waals surface area (Å²) in [7, 11) is -2.21. The van der Waals surface area contributed by atoms with E-state index in [2.05, 4.69) is 10.6 Å². The van der Waals surface area contributed by atoms with Crippen molar-refractivity contribution in [1.29, 1.82) is 0 Å². The van der Waals surface area contributed by atoms with Crippen LogP contribution in [-0.2, 0) is 21.4 Å². The van der Waals surface area contributed by atoms with Crippen molar-refractivity contribution in [2.45, 2.75) is 30.7 Å². The van der Waals surface area contributed by atoms with Crippen LogP contribution < -0.4 is 20.9 Å². The van der Waals surface area contributed by atoms with Gasteiger partial charge in [-0.3, -0.25) is 14.4 Å². The number of aromatic nitrogens is 1. The zero-order chi connectivity index (χ0) is 27.0. The van der Waals surface area contributed by atoms with Crippen LogP contribution in [-0.4, -0.2) is 49.3 Å². The maximum absolute atomic E-state index is 13.4. The second kappa shape index (κ2) is 10.1. The van der Waals surface area contributed by atoms with E-state index in [-0.39, 0.29) is 40.4 Å². The Labute approximate surface area is 220 Å². The number of ether oxygens (including phenoxy) is 1. The highest BCUT2D eigenvalue weighted by molar-refractivity contribution is 7.89. The second-order valence-corrected chi connectivity index (χ2v) is 11.5. The maximum Gasteiger partial charge on any atom is 0.274 e. The predicted molar refractivity (Wildman–Crippen MR) is 142 cm³/mol. The molecule has 2 N–H and O–H groups in total. The van der Waals surface area contributed by atoms with E-state index in [1.54, 1.807) is 60.2 Å². The summed E-state index contributed by atoms with van der Waals surface area (Å²) >= 11 is 0. The number of hydrogen-bond acceptors (Lipinski definition) is 6. The minimum atomic E-state index is -3.75. The smallest absolute Gasteiger partial charge is 0.274 e. The normalized spacial score (nSPS) is 18.8. The molecule has 38 heavy (non-hydrogen) atoms. The summed E-state index contributed by atoms with van der Waals surface area (Å²) < 4.78 is 35.0. The van der Waals surface area contributed by atoms with Crippen LogP contribution in [0.2, 0.25) is 0 Å². The van der Waals surface area contributed by atoms with Crippen molar-refractivity contribution >= 4 is 33.2 Å². The molecule has 0 aliphatic carbocycles. The van der Waals surface area contributed by atoms with Crippen molar-refractivity contribution in [2.24, 2.45) is 5.92 Å². The van der Waals surface area contributed by atoms with Gasteiger partial charge in [-0.15, -0.1) is 0 Å². The molecule has 1 saturated heterocycles. The van der Waals surface area contributed by atoms with Gasteiger partial charge in [-0.2, -0.15) is 4.31 Å². The standard InChI is InChI=1S/C27H28N4O6S/c1-17(32)28-21-5-9-23(10-6-21)38(35,36)30-14-18-13-20(16-30)25-12-11-24(27(34)31(25)15-18)29-26(33)19-3-7-22(37-2)8-4-19/h3-12,18,20H,13-16H2,1-2H3,(H,28,32)(H,29,33). The van der Waals surface area contributed by atoms with Crippen molar-refractivity contribution in [3.63, 3.8) is 0 Å². The van der Waals surface area contributed by atoms with Crippen LogP contribution in [0.5, 0.6) is 5.75 Å². The first-order valence-electron chi connectivity index (χ1n) is 12.2. The highest BCUT2D eigenvalue weighted by Crippen LogP contribution is 2.37. The number of carbonyl (C=O) groups excluding carboxylic acids is 2. The number of methoxy groups -OCH3 is 1. The van der Waals surface area contributed by atoms with Gasteiger partial charge >= 0.3 is 0 Å². The average Bonchev–Trinajstić information content (AvgIpc) is 2.90. The van der Waals surface area contributed by atoms with Gasteiger partial charge in [0.1, 0.15) is 11.4 Å². The molecule has 0 saturated carbocycles. The SMILES string of the molecule is COc1ccc(C(=O)Nc2ccc3n(c2=O)CC2CC3CN(S(=O)(=O)c3ccc(NC(C)=O)cc3)C2)cc1. The largest absolute Gasteiger partial charge is 0.497 e.